The van der Waals surface area contributed by atoms with Crippen molar-refractivity contribution in [1.29, 1.82) is 0 Å². The molecule has 0 saturated carbocycles. The first-order chi connectivity index (χ1) is 1.91. The Hall–Kier alpha value is 1.60. The van der Waals surface area contributed by atoms with E-state index in [1.165, 1.54) is 6.42 Å². The van der Waals surface area contributed by atoms with E-state index in [0.717, 1.165) is 6.42 Å². The van der Waals surface area contributed by atoms with Crippen LogP contribution >= 0.6 is 0 Å². The van der Waals surface area contributed by atoms with Gasteiger partial charge in [0.2, 0.25) is 0 Å². The van der Waals surface area contributed by atoms with Crippen LogP contribution in [-0.4, -0.2) is 0 Å². The first-order valence-electron chi connectivity index (χ1n) is 1.71. The Morgan fingerprint density at radius 1 is 1.50 bits per heavy atom. The molecule has 0 radical (unpaired) electrons. The van der Waals surface area contributed by atoms with Crippen LogP contribution in [0.5, 0.6) is 0 Å². The maximum Gasteiger partial charge on any atom is 1.00 e. The predicted molar refractivity (Wildman–Crippen MR) is 20.3 cm³/mol. The molecular formula is C4H9LiNa+. The Morgan fingerprint density at radius 3 is 1.67 bits per heavy atom. The topological polar surface area (TPSA) is 0 Å². The molecule has 0 saturated heterocycles. The molecule has 0 aliphatic rings. The van der Waals surface area contributed by atoms with Gasteiger partial charge in [0.25, 0.3) is 0 Å². The summed E-state index contributed by atoms with van der Waals surface area (Å²) in [5.74, 6) is 0. The zero-order valence-electron chi connectivity index (χ0n) is 5.12. The number of hydrogen-bond acceptors (Lipinski definition) is 0. The Bertz CT molecular complexity index is 9.51. The van der Waals surface area contributed by atoms with Crippen LogP contribution in [0.15, 0.2) is 0 Å². The van der Waals surface area contributed by atoms with Gasteiger partial charge in [0.15, 0.2) is 0 Å². The van der Waals surface area contributed by atoms with E-state index in [1.54, 1.807) is 0 Å². The standard InChI is InChI=1S/C4H9.Li.Na/c1-3-4-2;;/h1,3-4H2,2H3;;/q-1;2*+1. The maximum atomic E-state index is 3.60. The summed E-state index contributed by atoms with van der Waals surface area (Å²) in [6.07, 6.45) is 2.28. The van der Waals surface area contributed by atoms with E-state index >= 15 is 0 Å². The van der Waals surface area contributed by atoms with Gasteiger partial charge < -0.3 is 6.92 Å². The summed E-state index contributed by atoms with van der Waals surface area (Å²) in [5.41, 5.74) is 0. The molecule has 0 aromatic heterocycles. The van der Waals surface area contributed by atoms with Gasteiger partial charge in [-0.2, -0.15) is 6.42 Å². The van der Waals surface area contributed by atoms with Crippen LogP contribution < -0.4 is 48.4 Å². The van der Waals surface area contributed by atoms with Crippen molar-refractivity contribution in [3.8, 4) is 0 Å². The first-order valence-corrected chi connectivity index (χ1v) is 1.71. The average Bonchev–Trinajstić information content (AvgIpc) is 1.37. The van der Waals surface area contributed by atoms with Gasteiger partial charge in [-0.1, -0.05) is 13.3 Å². The average molecular weight is 87.0 g/mol. The molecule has 0 unspecified atom stereocenters. The molecule has 0 amide bonds. The van der Waals surface area contributed by atoms with E-state index in [4.69, 9.17) is 0 Å². The molecule has 0 bridgehead atoms. The largest absolute Gasteiger partial charge is 1.00 e. The fraction of sp³-hybridized carbons (Fsp3) is 0.750. The molecule has 0 aromatic rings. The number of rotatable bonds is 1. The minimum absolute atomic E-state index is 0. The summed E-state index contributed by atoms with van der Waals surface area (Å²) >= 11 is 0. The number of hydrogen-bond donors (Lipinski definition) is 0. The molecule has 0 rings (SSSR count). The number of unbranched alkanes of at least 4 members (excludes halogenated alkanes) is 1. The summed E-state index contributed by atoms with van der Waals surface area (Å²) in [5, 5.41) is 0. The molecule has 0 aliphatic heterocycles. The molecule has 0 atom stereocenters. The zero-order chi connectivity index (χ0) is 3.41. The van der Waals surface area contributed by atoms with Crippen LogP contribution in [0.4, 0.5) is 0 Å². The second-order valence-corrected chi connectivity index (χ2v) is 0.854. The Labute approximate surface area is 74.5 Å². The third kappa shape index (κ3) is 17.5. The van der Waals surface area contributed by atoms with Crippen LogP contribution in [0.2, 0.25) is 0 Å². The fourth-order valence-corrected chi connectivity index (χ4v) is 0. The van der Waals surface area contributed by atoms with Gasteiger partial charge in [-0.15, -0.1) is 0 Å². The second-order valence-electron chi connectivity index (χ2n) is 0.854. The monoisotopic (exact) mass is 87.1 g/mol. The molecule has 0 aromatic carbocycles. The van der Waals surface area contributed by atoms with Gasteiger partial charge in [-0.3, -0.25) is 0 Å². The first kappa shape index (κ1) is 15.6. The smallest absolute Gasteiger partial charge is 0.343 e. The van der Waals surface area contributed by atoms with Crippen molar-refractivity contribution >= 4 is 0 Å². The van der Waals surface area contributed by atoms with Gasteiger partial charge in [0, 0.05) is 0 Å². The molecule has 0 aliphatic carbocycles. The predicted octanol–water partition coefficient (Wildman–Crippen LogP) is -4.37. The molecule has 26 valence electrons. The summed E-state index contributed by atoms with van der Waals surface area (Å²) < 4.78 is 0. The van der Waals surface area contributed by atoms with Gasteiger partial charge in [0.1, 0.15) is 0 Å². The van der Waals surface area contributed by atoms with Crippen molar-refractivity contribution in [2.45, 2.75) is 19.8 Å². The van der Waals surface area contributed by atoms with Gasteiger partial charge in [0.05, 0.1) is 0 Å². The van der Waals surface area contributed by atoms with Crippen LogP contribution in [0.25, 0.3) is 0 Å². The molecule has 0 N–H and O–H groups in total. The Morgan fingerprint density at radius 2 is 1.67 bits per heavy atom. The normalized spacial score (nSPS) is 5.00. The fourth-order valence-electron chi connectivity index (χ4n) is 0. The second kappa shape index (κ2) is 16.0. The van der Waals surface area contributed by atoms with E-state index in [0.29, 0.717) is 0 Å². The summed E-state index contributed by atoms with van der Waals surface area (Å²) in [7, 11) is 0. The minimum Gasteiger partial charge on any atom is -0.343 e. The van der Waals surface area contributed by atoms with E-state index < -0.39 is 0 Å². The SMILES string of the molecule is [CH2-]CCC.[Li+].[Na+]. The molecule has 0 nitrogen and oxygen atoms in total. The van der Waals surface area contributed by atoms with Crippen LogP contribution in [0.1, 0.15) is 19.8 Å². The zero-order valence-corrected chi connectivity index (χ0v) is 7.12. The van der Waals surface area contributed by atoms with Gasteiger partial charge in [-0.25, -0.2) is 0 Å². The molecular weight excluding hydrogens is 78.0 g/mol. The van der Waals surface area contributed by atoms with E-state index in [1.807, 2.05) is 0 Å². The third-order valence-electron chi connectivity index (χ3n) is 0.354. The third-order valence-corrected chi connectivity index (χ3v) is 0.354. The van der Waals surface area contributed by atoms with Crippen molar-refractivity contribution in [3.05, 3.63) is 6.92 Å². The van der Waals surface area contributed by atoms with Gasteiger partial charge >= 0.3 is 48.4 Å². The van der Waals surface area contributed by atoms with Crippen molar-refractivity contribution in [3.63, 3.8) is 0 Å². The quantitative estimate of drug-likeness (QED) is 0.224. The Balaban J connectivity index is -0.0000000450. The van der Waals surface area contributed by atoms with E-state index in [-0.39, 0.29) is 48.4 Å². The minimum atomic E-state index is 0. The van der Waals surface area contributed by atoms with E-state index in [9.17, 15) is 0 Å². The van der Waals surface area contributed by atoms with Crippen LogP contribution in [0.3, 0.4) is 0 Å². The molecule has 0 heterocycles. The van der Waals surface area contributed by atoms with Crippen molar-refractivity contribution in [2.75, 3.05) is 0 Å². The molecule has 0 fully saturated rings. The van der Waals surface area contributed by atoms with Crippen LogP contribution in [0, 0.1) is 6.92 Å². The maximum absolute atomic E-state index is 3.60. The summed E-state index contributed by atoms with van der Waals surface area (Å²) in [4.78, 5) is 0. The van der Waals surface area contributed by atoms with Crippen molar-refractivity contribution < 1.29 is 48.4 Å². The van der Waals surface area contributed by atoms with Crippen molar-refractivity contribution in [2.24, 2.45) is 0 Å². The van der Waals surface area contributed by atoms with E-state index in [2.05, 4.69) is 13.8 Å². The van der Waals surface area contributed by atoms with Crippen molar-refractivity contribution in [1.82, 2.24) is 0 Å². The summed E-state index contributed by atoms with van der Waals surface area (Å²) in [6, 6.07) is 0. The molecule has 2 heteroatoms. The van der Waals surface area contributed by atoms with Gasteiger partial charge in [-0.05, 0) is 0 Å². The Kier molecular flexibility index (Phi) is 41.6. The molecule has 6 heavy (non-hydrogen) atoms. The molecule has 0 spiro atoms. The van der Waals surface area contributed by atoms with Crippen LogP contribution in [-0.2, 0) is 0 Å². The summed E-state index contributed by atoms with van der Waals surface area (Å²) in [6.45, 7) is 5.72.